The lowest BCUT2D eigenvalue weighted by molar-refractivity contribution is 0.0983. The summed E-state index contributed by atoms with van der Waals surface area (Å²) in [7, 11) is -0.491. The number of ether oxygens (including phenoxy) is 2. The second kappa shape index (κ2) is 10.8. The van der Waals surface area contributed by atoms with E-state index in [4.69, 9.17) is 18.9 Å². The van der Waals surface area contributed by atoms with Crippen LogP contribution in [0, 0.1) is 5.92 Å². The number of methoxy groups -OCH3 is 2. The number of furan rings is 1. The Hall–Kier alpha value is -3.41. The van der Waals surface area contributed by atoms with E-state index in [9.17, 15) is 13.2 Å². The highest BCUT2D eigenvalue weighted by Crippen LogP contribution is 2.40. The van der Waals surface area contributed by atoms with Crippen LogP contribution in [0.15, 0.2) is 64.1 Å². The van der Waals surface area contributed by atoms with Crippen molar-refractivity contribution in [3.63, 3.8) is 0 Å². The maximum absolute atomic E-state index is 13.8. The summed E-state index contributed by atoms with van der Waals surface area (Å²) in [5.74, 6) is 1.75. The first-order valence-electron chi connectivity index (χ1n) is 12.3. The predicted octanol–water partition coefficient (Wildman–Crippen LogP) is 5.17. The van der Waals surface area contributed by atoms with E-state index in [0.717, 1.165) is 17.5 Å². The standard InChI is InChI=1S/C27H29N3O6S2/c1-18-6-4-14-29(16-18)38(32,33)21-10-8-19(9-11-21)26(31)30(17-20-7-5-15-36-20)27-28-24-22(34-2)12-13-23(35-3)25(24)37-27/h5,7-13,15,18H,4,6,14,16-17H2,1-3H3. The Bertz CT molecular complexity index is 1490. The van der Waals surface area contributed by atoms with Crippen molar-refractivity contribution in [3.05, 3.63) is 66.1 Å². The predicted molar refractivity (Wildman–Crippen MR) is 146 cm³/mol. The van der Waals surface area contributed by atoms with Crippen LogP contribution in [0.25, 0.3) is 10.2 Å². The largest absolute Gasteiger partial charge is 0.495 e. The van der Waals surface area contributed by atoms with Gasteiger partial charge in [0.1, 0.15) is 27.5 Å². The lowest BCUT2D eigenvalue weighted by Gasteiger charge is -2.30. The van der Waals surface area contributed by atoms with E-state index in [2.05, 4.69) is 6.92 Å². The number of hydrogen-bond acceptors (Lipinski definition) is 8. The van der Waals surface area contributed by atoms with Crippen LogP contribution in [0.1, 0.15) is 35.9 Å². The number of carbonyl (C=O) groups excluding carboxylic acids is 1. The fraction of sp³-hybridized carbons (Fsp3) is 0.333. The Morgan fingerprint density at radius 1 is 1.13 bits per heavy atom. The van der Waals surface area contributed by atoms with Gasteiger partial charge in [-0.2, -0.15) is 4.31 Å². The summed E-state index contributed by atoms with van der Waals surface area (Å²) in [6.45, 7) is 3.21. The van der Waals surface area contributed by atoms with Gasteiger partial charge in [-0.3, -0.25) is 9.69 Å². The van der Waals surface area contributed by atoms with Gasteiger partial charge in [0.2, 0.25) is 10.0 Å². The lowest BCUT2D eigenvalue weighted by Crippen LogP contribution is -2.39. The van der Waals surface area contributed by atoms with Crippen LogP contribution in [0.4, 0.5) is 5.13 Å². The highest BCUT2D eigenvalue weighted by Gasteiger charge is 2.30. The molecule has 2 aromatic heterocycles. The monoisotopic (exact) mass is 555 g/mol. The van der Waals surface area contributed by atoms with Crippen molar-refractivity contribution in [3.8, 4) is 11.5 Å². The summed E-state index contributed by atoms with van der Waals surface area (Å²) in [5, 5.41) is 0.434. The van der Waals surface area contributed by atoms with Gasteiger partial charge in [0.05, 0.1) is 31.9 Å². The van der Waals surface area contributed by atoms with E-state index >= 15 is 0 Å². The van der Waals surface area contributed by atoms with Crippen LogP contribution in [0.2, 0.25) is 0 Å². The third kappa shape index (κ3) is 5.01. The van der Waals surface area contributed by atoms with Crippen LogP contribution in [0.3, 0.4) is 0 Å². The summed E-state index contributed by atoms with van der Waals surface area (Å²) in [5.41, 5.74) is 0.919. The molecule has 1 unspecified atom stereocenters. The minimum absolute atomic E-state index is 0.141. The molecule has 0 aliphatic carbocycles. The molecule has 9 nitrogen and oxygen atoms in total. The Kier molecular flexibility index (Phi) is 7.42. The van der Waals surface area contributed by atoms with Gasteiger partial charge < -0.3 is 13.9 Å². The molecule has 5 rings (SSSR count). The van der Waals surface area contributed by atoms with E-state index in [-0.39, 0.29) is 17.3 Å². The lowest BCUT2D eigenvalue weighted by atomic mass is 10.0. The number of amides is 1. The number of aromatic nitrogens is 1. The van der Waals surface area contributed by atoms with E-state index in [1.165, 1.54) is 32.7 Å². The van der Waals surface area contributed by atoms with Crippen molar-refractivity contribution in [2.24, 2.45) is 5.92 Å². The number of rotatable bonds is 8. The SMILES string of the molecule is COc1ccc(OC)c2sc(N(Cc3ccco3)C(=O)c3ccc(S(=O)(=O)N4CCCC(C)C4)cc3)nc12. The molecule has 4 aromatic rings. The fourth-order valence-electron chi connectivity index (χ4n) is 4.61. The topological polar surface area (TPSA) is 102 Å². The normalized spacial score (nSPS) is 16.4. The average Bonchev–Trinajstić information content (AvgIpc) is 3.61. The minimum Gasteiger partial charge on any atom is -0.495 e. The minimum atomic E-state index is -3.63. The third-order valence-electron chi connectivity index (χ3n) is 6.63. The molecule has 1 atom stereocenters. The van der Waals surface area contributed by atoms with Gasteiger partial charge in [-0.25, -0.2) is 13.4 Å². The fourth-order valence-corrected chi connectivity index (χ4v) is 7.28. The smallest absolute Gasteiger partial charge is 0.260 e. The number of fused-ring (bicyclic) bond motifs is 1. The van der Waals surface area contributed by atoms with Gasteiger partial charge in [-0.05, 0) is 67.3 Å². The van der Waals surface area contributed by atoms with Crippen molar-refractivity contribution >= 4 is 42.6 Å². The van der Waals surface area contributed by atoms with Crippen LogP contribution >= 0.6 is 11.3 Å². The summed E-state index contributed by atoms with van der Waals surface area (Å²) in [4.78, 5) is 20.2. The summed E-state index contributed by atoms with van der Waals surface area (Å²) >= 11 is 1.30. The molecule has 1 fully saturated rings. The number of benzene rings is 2. The third-order valence-corrected chi connectivity index (χ3v) is 9.60. The van der Waals surface area contributed by atoms with Crippen LogP contribution in [0.5, 0.6) is 11.5 Å². The molecule has 38 heavy (non-hydrogen) atoms. The van der Waals surface area contributed by atoms with Gasteiger partial charge in [0.25, 0.3) is 5.91 Å². The van der Waals surface area contributed by atoms with E-state index in [1.54, 1.807) is 56.9 Å². The number of sulfonamides is 1. The van der Waals surface area contributed by atoms with E-state index < -0.39 is 10.0 Å². The number of anilines is 1. The van der Waals surface area contributed by atoms with E-state index in [0.29, 0.717) is 52.5 Å². The zero-order chi connectivity index (χ0) is 26.9. The molecular formula is C27H29N3O6S2. The molecule has 0 saturated carbocycles. The Balaban J connectivity index is 1.49. The average molecular weight is 556 g/mol. The molecule has 200 valence electrons. The zero-order valence-corrected chi connectivity index (χ0v) is 23.0. The Morgan fingerprint density at radius 3 is 2.53 bits per heavy atom. The summed E-state index contributed by atoms with van der Waals surface area (Å²) in [6.07, 6.45) is 3.41. The second-order valence-corrected chi connectivity index (χ2v) is 12.2. The first kappa shape index (κ1) is 26.2. The molecule has 2 aromatic carbocycles. The maximum Gasteiger partial charge on any atom is 0.260 e. The molecule has 1 aliphatic rings. The Morgan fingerprint density at radius 2 is 1.87 bits per heavy atom. The van der Waals surface area contributed by atoms with Crippen LogP contribution in [-0.4, -0.2) is 50.9 Å². The number of piperidine rings is 1. The Labute approximate surface area is 225 Å². The molecule has 1 amide bonds. The highest BCUT2D eigenvalue weighted by molar-refractivity contribution is 7.89. The second-order valence-electron chi connectivity index (χ2n) is 9.25. The highest BCUT2D eigenvalue weighted by atomic mass is 32.2. The number of hydrogen-bond donors (Lipinski definition) is 0. The zero-order valence-electron chi connectivity index (χ0n) is 21.4. The van der Waals surface area contributed by atoms with E-state index in [1.807, 2.05) is 0 Å². The van der Waals surface area contributed by atoms with Gasteiger partial charge in [0.15, 0.2) is 5.13 Å². The first-order chi connectivity index (χ1) is 18.3. The van der Waals surface area contributed by atoms with Crippen molar-refractivity contribution in [2.75, 3.05) is 32.2 Å². The maximum atomic E-state index is 13.8. The van der Waals surface area contributed by atoms with Crippen LogP contribution < -0.4 is 14.4 Å². The van der Waals surface area contributed by atoms with Gasteiger partial charge >= 0.3 is 0 Å². The molecule has 0 radical (unpaired) electrons. The van der Waals surface area contributed by atoms with Crippen molar-refractivity contribution < 1.29 is 27.1 Å². The first-order valence-corrected chi connectivity index (χ1v) is 14.5. The molecule has 11 heteroatoms. The van der Waals surface area contributed by atoms with Gasteiger partial charge in [-0.15, -0.1) is 0 Å². The molecule has 3 heterocycles. The molecule has 0 N–H and O–H groups in total. The number of thiazole rings is 1. The quantitative estimate of drug-likeness (QED) is 0.295. The molecular weight excluding hydrogens is 526 g/mol. The van der Waals surface area contributed by atoms with Gasteiger partial charge in [0, 0.05) is 18.7 Å². The molecule has 1 saturated heterocycles. The van der Waals surface area contributed by atoms with Crippen molar-refractivity contribution in [1.29, 1.82) is 0 Å². The van der Waals surface area contributed by atoms with Crippen molar-refractivity contribution in [1.82, 2.24) is 9.29 Å². The summed E-state index contributed by atoms with van der Waals surface area (Å²) < 4.78 is 45.2. The molecule has 1 aliphatic heterocycles. The molecule has 0 spiro atoms. The number of nitrogens with zero attached hydrogens (tertiary/aromatic N) is 3. The van der Waals surface area contributed by atoms with Crippen molar-refractivity contribution in [2.45, 2.75) is 31.2 Å². The number of carbonyl (C=O) groups is 1. The molecule has 0 bridgehead atoms. The summed E-state index contributed by atoms with van der Waals surface area (Å²) in [6, 6.07) is 13.2. The van der Waals surface area contributed by atoms with Gasteiger partial charge in [-0.1, -0.05) is 18.3 Å². The van der Waals surface area contributed by atoms with Crippen LogP contribution in [-0.2, 0) is 16.6 Å².